The fourth-order valence-electron chi connectivity index (χ4n) is 2.89. The van der Waals surface area contributed by atoms with Crippen molar-refractivity contribution in [2.75, 3.05) is 11.4 Å². The van der Waals surface area contributed by atoms with Gasteiger partial charge in [-0.05, 0) is 36.5 Å². The summed E-state index contributed by atoms with van der Waals surface area (Å²) in [6, 6.07) is 1.01. The Kier molecular flexibility index (Phi) is 3.35. The molecular weight excluding hydrogens is 294 g/mol. The summed E-state index contributed by atoms with van der Waals surface area (Å²) >= 11 is 0. The molecule has 2 aromatic rings. The lowest BCUT2D eigenvalue weighted by molar-refractivity contribution is -0.392. The van der Waals surface area contributed by atoms with E-state index in [1.54, 1.807) is 0 Å². The zero-order valence-electron chi connectivity index (χ0n) is 11.8. The van der Waals surface area contributed by atoms with Gasteiger partial charge in [0.25, 0.3) is 0 Å². The van der Waals surface area contributed by atoms with Gasteiger partial charge in [-0.1, -0.05) is 0 Å². The highest BCUT2D eigenvalue weighted by molar-refractivity contribution is 5.99. The Morgan fingerprint density at radius 1 is 1.18 bits per heavy atom. The summed E-state index contributed by atoms with van der Waals surface area (Å²) in [5, 5.41) is 29.7. The number of hydrogen-bond acceptors (Lipinski definition) is 8. The van der Waals surface area contributed by atoms with Gasteiger partial charge in [0.05, 0.1) is 15.9 Å². The lowest BCUT2D eigenvalue weighted by Crippen LogP contribution is -2.38. The molecule has 0 N–H and O–H groups in total. The molecule has 0 saturated carbocycles. The molecule has 1 fully saturated rings. The number of piperidine rings is 1. The van der Waals surface area contributed by atoms with Crippen LogP contribution in [0.2, 0.25) is 0 Å². The van der Waals surface area contributed by atoms with Crippen LogP contribution in [0, 0.1) is 20.2 Å². The number of fused-ring (bicyclic) bond motifs is 1. The summed E-state index contributed by atoms with van der Waals surface area (Å²) in [6.07, 6.45) is 2.82. The molecule has 1 aromatic carbocycles. The van der Waals surface area contributed by atoms with E-state index in [1.807, 2.05) is 11.8 Å². The molecule has 0 radical (unpaired) electrons. The zero-order valence-corrected chi connectivity index (χ0v) is 11.8. The summed E-state index contributed by atoms with van der Waals surface area (Å²) in [5.41, 5.74) is -0.572. The topological polar surface area (TPSA) is 128 Å². The Labute approximate surface area is 123 Å². The SMILES string of the molecule is C[C@@H]1CCCCN1c1c([N+](=O)[O-])cc([N+](=O)[O-])c2nonc12. The molecule has 0 unspecified atom stereocenters. The van der Waals surface area contributed by atoms with E-state index in [4.69, 9.17) is 0 Å². The third kappa shape index (κ3) is 2.12. The van der Waals surface area contributed by atoms with Crippen molar-refractivity contribution in [2.24, 2.45) is 0 Å². The van der Waals surface area contributed by atoms with Crippen LogP contribution in [0.4, 0.5) is 17.1 Å². The lowest BCUT2D eigenvalue weighted by Gasteiger charge is -2.34. The van der Waals surface area contributed by atoms with Crippen molar-refractivity contribution in [3.63, 3.8) is 0 Å². The second-order valence-electron chi connectivity index (χ2n) is 5.28. The van der Waals surface area contributed by atoms with E-state index in [2.05, 4.69) is 14.9 Å². The van der Waals surface area contributed by atoms with E-state index >= 15 is 0 Å². The Balaban J connectivity index is 2.30. The maximum atomic E-state index is 11.4. The van der Waals surface area contributed by atoms with E-state index in [1.165, 1.54) is 0 Å². The minimum absolute atomic E-state index is 0.0645. The van der Waals surface area contributed by atoms with Gasteiger partial charge in [-0.2, -0.15) is 0 Å². The highest BCUT2D eigenvalue weighted by atomic mass is 16.6. The Hall–Kier alpha value is -2.78. The summed E-state index contributed by atoms with van der Waals surface area (Å²) in [6.45, 7) is 2.59. The first kappa shape index (κ1) is 14.2. The van der Waals surface area contributed by atoms with Gasteiger partial charge in [0.2, 0.25) is 5.52 Å². The normalized spacial score (nSPS) is 18.6. The van der Waals surface area contributed by atoms with Gasteiger partial charge in [-0.15, -0.1) is 0 Å². The number of nitro groups is 2. The van der Waals surface area contributed by atoms with E-state index < -0.39 is 15.5 Å². The molecule has 1 aromatic heterocycles. The lowest BCUT2D eigenvalue weighted by atomic mass is 10.0. The average molecular weight is 307 g/mol. The Bertz CT molecular complexity index is 758. The van der Waals surface area contributed by atoms with Gasteiger partial charge >= 0.3 is 11.4 Å². The van der Waals surface area contributed by atoms with Crippen molar-refractivity contribution in [3.05, 3.63) is 26.3 Å². The van der Waals surface area contributed by atoms with Crippen LogP contribution in [-0.2, 0) is 0 Å². The molecule has 0 bridgehead atoms. The first-order valence-electron chi connectivity index (χ1n) is 6.85. The highest BCUT2D eigenvalue weighted by Crippen LogP contribution is 2.41. The largest absolute Gasteiger partial charge is 0.361 e. The van der Waals surface area contributed by atoms with Crippen LogP contribution in [0.25, 0.3) is 11.0 Å². The molecule has 0 spiro atoms. The average Bonchev–Trinajstić information content (AvgIpc) is 2.95. The fraction of sp³-hybridized carbons (Fsp3) is 0.500. The molecule has 10 nitrogen and oxygen atoms in total. The third-order valence-electron chi connectivity index (χ3n) is 3.96. The standard InChI is InChI=1S/C12H13N5O5/c1-7-4-2-3-5-15(7)12-9(17(20)21)6-8(16(18)19)10-11(12)14-22-13-10/h6-7H,2-5H2,1H3/t7-/m1/s1. The van der Waals surface area contributed by atoms with Gasteiger partial charge in [0.15, 0.2) is 5.52 Å². The third-order valence-corrected chi connectivity index (χ3v) is 3.96. The van der Waals surface area contributed by atoms with Gasteiger partial charge in [0.1, 0.15) is 5.69 Å². The molecule has 1 atom stereocenters. The van der Waals surface area contributed by atoms with Crippen molar-refractivity contribution in [2.45, 2.75) is 32.2 Å². The molecule has 22 heavy (non-hydrogen) atoms. The number of benzene rings is 1. The first-order chi connectivity index (χ1) is 10.5. The van der Waals surface area contributed by atoms with Crippen molar-refractivity contribution < 1.29 is 14.5 Å². The molecule has 1 saturated heterocycles. The van der Waals surface area contributed by atoms with Crippen LogP contribution >= 0.6 is 0 Å². The van der Waals surface area contributed by atoms with Crippen molar-refractivity contribution in [1.29, 1.82) is 0 Å². The Morgan fingerprint density at radius 2 is 1.86 bits per heavy atom. The van der Waals surface area contributed by atoms with Crippen molar-refractivity contribution in [3.8, 4) is 0 Å². The highest BCUT2D eigenvalue weighted by Gasteiger charge is 2.34. The number of non-ortho nitro benzene ring substituents is 1. The summed E-state index contributed by atoms with van der Waals surface area (Å²) in [7, 11) is 0. The van der Waals surface area contributed by atoms with Crippen LogP contribution in [-0.4, -0.2) is 32.7 Å². The quantitative estimate of drug-likeness (QED) is 0.624. The van der Waals surface area contributed by atoms with Crippen molar-refractivity contribution >= 4 is 28.1 Å². The molecule has 10 heteroatoms. The molecule has 1 aliphatic heterocycles. The monoisotopic (exact) mass is 307 g/mol. The first-order valence-corrected chi connectivity index (χ1v) is 6.85. The smallest absolute Gasteiger partial charge is 0.307 e. The number of hydrogen-bond donors (Lipinski definition) is 0. The molecule has 1 aliphatic rings. The molecule has 0 aliphatic carbocycles. The van der Waals surface area contributed by atoms with Gasteiger partial charge in [0, 0.05) is 12.6 Å². The maximum absolute atomic E-state index is 11.4. The molecule has 0 amide bonds. The van der Waals surface area contributed by atoms with Gasteiger partial charge in [-0.3, -0.25) is 20.2 Å². The van der Waals surface area contributed by atoms with E-state index in [0.29, 0.717) is 6.54 Å². The zero-order chi connectivity index (χ0) is 15.9. The van der Waals surface area contributed by atoms with Gasteiger partial charge < -0.3 is 4.90 Å². The second kappa shape index (κ2) is 5.20. The van der Waals surface area contributed by atoms with Crippen LogP contribution in [0.1, 0.15) is 26.2 Å². The minimum Gasteiger partial charge on any atom is -0.361 e. The van der Waals surface area contributed by atoms with Crippen LogP contribution in [0.15, 0.2) is 10.7 Å². The van der Waals surface area contributed by atoms with E-state index in [9.17, 15) is 20.2 Å². The number of nitro benzene ring substituents is 2. The minimum atomic E-state index is -0.719. The predicted octanol–water partition coefficient (Wildman–Crippen LogP) is 2.42. The second-order valence-corrected chi connectivity index (χ2v) is 5.28. The summed E-state index contributed by atoms with van der Waals surface area (Å²) in [5.74, 6) is 0. The van der Waals surface area contributed by atoms with Crippen LogP contribution in [0.5, 0.6) is 0 Å². The number of aromatic nitrogens is 2. The number of rotatable bonds is 3. The molecule has 3 rings (SSSR count). The molecular formula is C12H13N5O5. The number of anilines is 1. The molecule has 116 valence electrons. The maximum Gasteiger partial charge on any atom is 0.307 e. The molecule has 2 heterocycles. The van der Waals surface area contributed by atoms with Gasteiger partial charge in [-0.25, -0.2) is 4.63 Å². The van der Waals surface area contributed by atoms with Crippen LogP contribution < -0.4 is 4.90 Å². The van der Waals surface area contributed by atoms with E-state index in [0.717, 1.165) is 25.3 Å². The predicted molar refractivity (Wildman–Crippen MR) is 75.8 cm³/mol. The van der Waals surface area contributed by atoms with E-state index in [-0.39, 0.29) is 28.5 Å². The Morgan fingerprint density at radius 3 is 2.50 bits per heavy atom. The summed E-state index contributed by atoms with van der Waals surface area (Å²) in [4.78, 5) is 23.0. The number of nitrogens with zero attached hydrogens (tertiary/aromatic N) is 5. The van der Waals surface area contributed by atoms with Crippen molar-refractivity contribution in [1.82, 2.24) is 10.3 Å². The summed E-state index contributed by atoms with van der Waals surface area (Å²) < 4.78 is 4.60. The fourth-order valence-corrected chi connectivity index (χ4v) is 2.89. The van der Waals surface area contributed by atoms with Crippen LogP contribution in [0.3, 0.4) is 0 Å².